The van der Waals surface area contributed by atoms with Crippen molar-refractivity contribution >= 4 is 34.4 Å². The molecular formula is C23H31N3O3S. The summed E-state index contributed by atoms with van der Waals surface area (Å²) in [5.41, 5.74) is 4.62. The fourth-order valence-electron chi connectivity index (χ4n) is 3.90. The first kappa shape index (κ1) is 22.6. The number of thiophene rings is 1. The number of ether oxygens (including phenoxy) is 1. The monoisotopic (exact) mass is 429 g/mol. The van der Waals surface area contributed by atoms with E-state index in [-0.39, 0.29) is 24.3 Å². The Morgan fingerprint density at radius 2 is 2.07 bits per heavy atom. The average molecular weight is 430 g/mol. The van der Waals surface area contributed by atoms with Gasteiger partial charge in [0.1, 0.15) is 0 Å². The minimum absolute atomic E-state index is 0.134. The molecule has 2 aliphatic heterocycles. The van der Waals surface area contributed by atoms with Crippen molar-refractivity contribution in [3.63, 3.8) is 0 Å². The van der Waals surface area contributed by atoms with Crippen LogP contribution in [0.25, 0.3) is 5.57 Å². The third kappa shape index (κ3) is 5.33. The second-order valence-corrected chi connectivity index (χ2v) is 8.74. The summed E-state index contributed by atoms with van der Waals surface area (Å²) in [6, 6.07) is 0. The van der Waals surface area contributed by atoms with Crippen molar-refractivity contribution in [2.24, 2.45) is 10.9 Å². The first-order valence-corrected chi connectivity index (χ1v) is 11.4. The van der Waals surface area contributed by atoms with E-state index in [0.717, 1.165) is 50.4 Å². The van der Waals surface area contributed by atoms with Gasteiger partial charge in [0, 0.05) is 42.1 Å². The van der Waals surface area contributed by atoms with E-state index in [4.69, 9.17) is 4.74 Å². The Labute approximate surface area is 182 Å². The first-order valence-electron chi connectivity index (χ1n) is 10.5. The first-order chi connectivity index (χ1) is 14.4. The van der Waals surface area contributed by atoms with E-state index in [1.54, 1.807) is 11.3 Å². The van der Waals surface area contributed by atoms with Crippen molar-refractivity contribution in [2.45, 2.75) is 34.1 Å². The number of dihydropyridines is 1. The number of aliphatic imine (C=N–C) groups is 1. The molecule has 0 bridgehead atoms. The third-order valence-electron chi connectivity index (χ3n) is 5.76. The number of allylic oxidation sites excluding steroid dienone is 2. The van der Waals surface area contributed by atoms with Crippen LogP contribution in [0.4, 0.5) is 0 Å². The van der Waals surface area contributed by atoms with Crippen LogP contribution in [0.3, 0.4) is 0 Å². The summed E-state index contributed by atoms with van der Waals surface area (Å²) < 4.78 is 5.42. The van der Waals surface area contributed by atoms with E-state index >= 15 is 0 Å². The van der Waals surface area contributed by atoms with Crippen LogP contribution in [0, 0.1) is 12.8 Å². The lowest BCUT2D eigenvalue weighted by Gasteiger charge is -2.26. The zero-order valence-electron chi connectivity index (χ0n) is 18.3. The van der Waals surface area contributed by atoms with Crippen molar-refractivity contribution in [2.75, 3.05) is 39.4 Å². The van der Waals surface area contributed by atoms with E-state index in [1.807, 2.05) is 32.2 Å². The number of morpholine rings is 1. The third-order valence-corrected chi connectivity index (χ3v) is 6.92. The maximum absolute atomic E-state index is 12.8. The fraction of sp³-hybridized carbons (Fsp3) is 0.522. The normalized spacial score (nSPS) is 20.7. The number of rotatable bonds is 7. The Morgan fingerprint density at radius 3 is 2.73 bits per heavy atom. The second-order valence-electron chi connectivity index (χ2n) is 7.86. The summed E-state index contributed by atoms with van der Waals surface area (Å²) in [5.74, 6) is -0.698. The number of carbonyl (C=O) groups is 2. The van der Waals surface area contributed by atoms with Gasteiger partial charge in [-0.05, 0) is 51.3 Å². The molecule has 162 valence electrons. The fourth-order valence-corrected chi connectivity index (χ4v) is 5.07. The van der Waals surface area contributed by atoms with Gasteiger partial charge in [0.2, 0.25) is 0 Å². The predicted molar refractivity (Wildman–Crippen MR) is 122 cm³/mol. The van der Waals surface area contributed by atoms with Crippen LogP contribution in [0.15, 0.2) is 28.1 Å². The number of nitrogens with one attached hydrogen (secondary N) is 1. The molecule has 7 heteroatoms. The highest BCUT2D eigenvalue weighted by Gasteiger charge is 2.25. The van der Waals surface area contributed by atoms with Gasteiger partial charge in [-0.25, -0.2) is 4.99 Å². The van der Waals surface area contributed by atoms with Crippen LogP contribution in [0.5, 0.6) is 0 Å². The van der Waals surface area contributed by atoms with Crippen molar-refractivity contribution < 1.29 is 14.3 Å². The Hall–Kier alpha value is -2.09. The highest BCUT2D eigenvalue weighted by Crippen LogP contribution is 2.31. The van der Waals surface area contributed by atoms with Crippen molar-refractivity contribution in [1.82, 2.24) is 10.2 Å². The number of amides is 2. The standard InChI is InChI=1S/C23H31N3O3S/c1-5-18(6-7-26-8-10-29-11-9-26)21-17(4)20(14-30-21)22(27)24-13-19-15(2)12-16(3)25-23(19)28/h5,12,14,19H,6-11,13H2,1-4H3,(H,24,27)/b18-5+. The Kier molecular flexibility index (Phi) is 7.75. The molecule has 1 fully saturated rings. The van der Waals surface area contributed by atoms with Crippen molar-refractivity contribution in [1.29, 1.82) is 0 Å². The maximum Gasteiger partial charge on any atom is 0.254 e. The number of hydrogen-bond donors (Lipinski definition) is 1. The molecule has 2 aliphatic rings. The lowest BCUT2D eigenvalue weighted by molar-refractivity contribution is -0.120. The number of hydrogen-bond acceptors (Lipinski definition) is 5. The largest absolute Gasteiger partial charge is 0.379 e. The van der Waals surface area contributed by atoms with E-state index < -0.39 is 0 Å². The number of nitrogens with zero attached hydrogens (tertiary/aromatic N) is 2. The second kappa shape index (κ2) is 10.3. The van der Waals surface area contributed by atoms with Crippen LogP contribution < -0.4 is 5.32 Å². The van der Waals surface area contributed by atoms with Gasteiger partial charge in [-0.2, -0.15) is 0 Å². The van der Waals surface area contributed by atoms with Gasteiger partial charge in [-0.1, -0.05) is 11.6 Å². The summed E-state index contributed by atoms with van der Waals surface area (Å²) in [4.78, 5) is 32.6. The summed E-state index contributed by atoms with van der Waals surface area (Å²) in [7, 11) is 0. The molecule has 1 saturated heterocycles. The highest BCUT2D eigenvalue weighted by molar-refractivity contribution is 7.11. The summed E-state index contributed by atoms with van der Waals surface area (Å²) >= 11 is 1.61. The molecule has 2 amide bonds. The molecular weight excluding hydrogens is 398 g/mol. The van der Waals surface area contributed by atoms with Crippen LogP contribution in [0.2, 0.25) is 0 Å². The SMILES string of the molecule is C/C=C(\CCN1CCOCC1)c1scc(C(=O)NCC2C(=O)N=C(C)C=C2C)c1C. The summed E-state index contributed by atoms with van der Waals surface area (Å²) in [6.07, 6.45) is 5.01. The molecule has 0 aromatic carbocycles. The van der Waals surface area contributed by atoms with Crippen molar-refractivity contribution in [3.05, 3.63) is 39.1 Å². The molecule has 0 radical (unpaired) electrons. The molecule has 3 heterocycles. The van der Waals surface area contributed by atoms with Gasteiger partial charge in [0.25, 0.3) is 11.8 Å². The van der Waals surface area contributed by atoms with Gasteiger partial charge in [0.15, 0.2) is 0 Å². The van der Waals surface area contributed by atoms with Crippen LogP contribution in [-0.4, -0.2) is 61.8 Å². The van der Waals surface area contributed by atoms with Gasteiger partial charge >= 0.3 is 0 Å². The maximum atomic E-state index is 12.8. The van der Waals surface area contributed by atoms with E-state index in [0.29, 0.717) is 11.3 Å². The zero-order chi connectivity index (χ0) is 21.7. The molecule has 1 N–H and O–H groups in total. The van der Waals surface area contributed by atoms with Crippen LogP contribution >= 0.6 is 11.3 Å². The number of carbonyl (C=O) groups excluding carboxylic acids is 2. The summed E-state index contributed by atoms with van der Waals surface area (Å²) in [6.45, 7) is 12.6. The molecule has 6 nitrogen and oxygen atoms in total. The average Bonchev–Trinajstić information content (AvgIpc) is 3.10. The lowest BCUT2D eigenvalue weighted by Crippen LogP contribution is -2.36. The van der Waals surface area contributed by atoms with Crippen LogP contribution in [0.1, 0.15) is 48.0 Å². The zero-order valence-corrected chi connectivity index (χ0v) is 19.1. The molecule has 3 rings (SSSR count). The molecule has 0 spiro atoms. The molecule has 1 unspecified atom stereocenters. The van der Waals surface area contributed by atoms with Gasteiger partial charge in [-0.15, -0.1) is 11.3 Å². The molecule has 1 aromatic heterocycles. The van der Waals surface area contributed by atoms with Crippen LogP contribution in [-0.2, 0) is 9.53 Å². The predicted octanol–water partition coefficient (Wildman–Crippen LogP) is 3.48. The molecule has 1 aromatic rings. The minimum Gasteiger partial charge on any atom is -0.379 e. The highest BCUT2D eigenvalue weighted by atomic mass is 32.1. The quantitative estimate of drug-likeness (QED) is 0.720. The Morgan fingerprint density at radius 1 is 1.33 bits per heavy atom. The molecule has 0 aliphatic carbocycles. The molecule has 1 atom stereocenters. The molecule has 0 saturated carbocycles. The van der Waals surface area contributed by atoms with E-state index in [9.17, 15) is 9.59 Å². The lowest BCUT2D eigenvalue weighted by atomic mass is 9.95. The van der Waals surface area contributed by atoms with Gasteiger partial charge in [-0.3, -0.25) is 14.5 Å². The van der Waals surface area contributed by atoms with E-state index in [1.165, 1.54) is 10.5 Å². The smallest absolute Gasteiger partial charge is 0.254 e. The van der Waals surface area contributed by atoms with E-state index in [2.05, 4.69) is 28.2 Å². The van der Waals surface area contributed by atoms with Crippen molar-refractivity contribution in [3.8, 4) is 0 Å². The van der Waals surface area contributed by atoms with Gasteiger partial charge < -0.3 is 10.1 Å². The minimum atomic E-state index is -0.379. The van der Waals surface area contributed by atoms with Gasteiger partial charge in [0.05, 0.1) is 24.7 Å². The Balaban J connectivity index is 1.61. The Bertz CT molecular complexity index is 892. The topological polar surface area (TPSA) is 71.0 Å². The summed E-state index contributed by atoms with van der Waals surface area (Å²) in [5, 5.41) is 4.86. The molecule has 30 heavy (non-hydrogen) atoms.